The molecule has 2 aromatic carbocycles. The quantitative estimate of drug-likeness (QED) is 0.801. The van der Waals surface area contributed by atoms with Crippen LogP contribution in [-0.4, -0.2) is 0 Å². The van der Waals surface area contributed by atoms with E-state index in [1.165, 1.54) is 12.1 Å². The fourth-order valence-corrected chi connectivity index (χ4v) is 2.23. The first-order valence-corrected chi connectivity index (χ1v) is 6.88. The van der Waals surface area contributed by atoms with Crippen LogP contribution >= 0.6 is 23.2 Å². The van der Waals surface area contributed by atoms with Crippen molar-refractivity contribution in [3.8, 4) is 0 Å². The molecule has 0 aliphatic carbocycles. The molecular formula is C15H14Cl2FN. The molecule has 2 rings (SSSR count). The van der Waals surface area contributed by atoms with E-state index in [0.29, 0.717) is 17.4 Å². The van der Waals surface area contributed by atoms with Gasteiger partial charge in [-0.25, -0.2) is 4.39 Å². The smallest absolute Gasteiger partial charge is 0.124 e. The Hall–Kier alpha value is -1.09. The molecule has 19 heavy (non-hydrogen) atoms. The normalized spacial score (nSPS) is 10.7. The molecule has 0 aliphatic heterocycles. The minimum Gasteiger partial charge on any atom is -0.309 e. The van der Waals surface area contributed by atoms with Crippen LogP contribution in [0.25, 0.3) is 0 Å². The van der Waals surface area contributed by atoms with Crippen molar-refractivity contribution in [2.75, 3.05) is 0 Å². The Morgan fingerprint density at radius 3 is 2.53 bits per heavy atom. The number of hydrogen-bond acceptors (Lipinski definition) is 1. The Labute approximate surface area is 122 Å². The molecule has 0 radical (unpaired) electrons. The average molecular weight is 298 g/mol. The van der Waals surface area contributed by atoms with Gasteiger partial charge in [-0.2, -0.15) is 0 Å². The van der Waals surface area contributed by atoms with Gasteiger partial charge in [-0.05, 0) is 28.8 Å². The van der Waals surface area contributed by atoms with Gasteiger partial charge in [0.15, 0.2) is 0 Å². The van der Waals surface area contributed by atoms with Crippen LogP contribution < -0.4 is 5.32 Å². The highest BCUT2D eigenvalue weighted by atomic mass is 35.5. The lowest BCUT2D eigenvalue weighted by Gasteiger charge is -2.08. The van der Waals surface area contributed by atoms with Gasteiger partial charge in [0.2, 0.25) is 0 Å². The number of benzene rings is 2. The fourth-order valence-electron chi connectivity index (χ4n) is 1.83. The topological polar surface area (TPSA) is 12.0 Å². The monoisotopic (exact) mass is 297 g/mol. The van der Waals surface area contributed by atoms with Gasteiger partial charge in [-0.3, -0.25) is 0 Å². The van der Waals surface area contributed by atoms with Crippen LogP contribution in [0.4, 0.5) is 4.39 Å². The lowest BCUT2D eigenvalue weighted by molar-refractivity contribution is 0.625. The summed E-state index contributed by atoms with van der Waals surface area (Å²) in [7, 11) is 0. The van der Waals surface area contributed by atoms with E-state index in [2.05, 4.69) is 11.4 Å². The molecule has 0 atom stereocenters. The van der Waals surface area contributed by atoms with E-state index in [1.54, 1.807) is 6.07 Å². The van der Waals surface area contributed by atoms with Crippen LogP contribution in [-0.2, 0) is 19.0 Å². The Balaban J connectivity index is 1.92. The molecule has 0 aromatic heterocycles. The predicted molar refractivity (Wildman–Crippen MR) is 78.0 cm³/mol. The van der Waals surface area contributed by atoms with E-state index >= 15 is 0 Å². The van der Waals surface area contributed by atoms with Crippen LogP contribution in [0.2, 0.25) is 5.02 Å². The number of alkyl halides is 1. The zero-order valence-corrected chi connectivity index (χ0v) is 11.8. The zero-order valence-electron chi connectivity index (χ0n) is 10.3. The average Bonchev–Trinajstić information content (AvgIpc) is 2.41. The molecule has 1 nitrogen and oxygen atoms in total. The molecule has 4 heteroatoms. The fraction of sp³-hybridized carbons (Fsp3) is 0.200. The van der Waals surface area contributed by atoms with Crippen molar-refractivity contribution >= 4 is 23.2 Å². The van der Waals surface area contributed by atoms with Crippen molar-refractivity contribution < 1.29 is 4.39 Å². The molecule has 100 valence electrons. The second-order valence-corrected chi connectivity index (χ2v) is 4.97. The van der Waals surface area contributed by atoms with Crippen molar-refractivity contribution in [2.45, 2.75) is 19.0 Å². The molecule has 0 unspecified atom stereocenters. The predicted octanol–water partition coefficient (Wildman–Crippen LogP) is 4.51. The summed E-state index contributed by atoms with van der Waals surface area (Å²) in [6, 6.07) is 12.5. The van der Waals surface area contributed by atoms with E-state index in [-0.39, 0.29) is 5.82 Å². The maximum Gasteiger partial charge on any atom is 0.124 e. The second-order valence-electron chi connectivity index (χ2n) is 4.29. The van der Waals surface area contributed by atoms with Crippen molar-refractivity contribution in [3.63, 3.8) is 0 Å². The van der Waals surface area contributed by atoms with Gasteiger partial charge in [-0.1, -0.05) is 41.9 Å². The third-order valence-corrected chi connectivity index (χ3v) is 3.47. The first-order valence-electron chi connectivity index (χ1n) is 5.97. The summed E-state index contributed by atoms with van der Waals surface area (Å²) in [6.45, 7) is 1.32. The minimum absolute atomic E-state index is 0.316. The van der Waals surface area contributed by atoms with Crippen LogP contribution in [0.5, 0.6) is 0 Å². The Bertz CT molecular complexity index is 558. The SMILES string of the molecule is Fc1ccc(CNCc2cccc(CCl)c2)c(Cl)c1. The number of hydrogen-bond donors (Lipinski definition) is 1. The molecule has 0 heterocycles. The molecular weight excluding hydrogens is 284 g/mol. The largest absolute Gasteiger partial charge is 0.309 e. The van der Waals surface area contributed by atoms with Crippen molar-refractivity contribution in [2.24, 2.45) is 0 Å². The van der Waals surface area contributed by atoms with Crippen LogP contribution in [0.15, 0.2) is 42.5 Å². The Kier molecular flexibility index (Phi) is 5.20. The van der Waals surface area contributed by atoms with E-state index in [0.717, 1.165) is 23.2 Å². The molecule has 1 N–H and O–H groups in total. The summed E-state index contributed by atoms with van der Waals surface area (Å²) in [5.41, 5.74) is 3.15. The molecule has 0 aliphatic rings. The second kappa shape index (κ2) is 6.90. The molecule has 0 fully saturated rings. The molecule has 0 bridgehead atoms. The maximum absolute atomic E-state index is 12.9. The summed E-state index contributed by atoms with van der Waals surface area (Å²) >= 11 is 11.8. The van der Waals surface area contributed by atoms with Crippen molar-refractivity contribution in [1.29, 1.82) is 0 Å². The summed E-state index contributed by atoms with van der Waals surface area (Å²) in [6.07, 6.45) is 0. The minimum atomic E-state index is -0.316. The third kappa shape index (κ3) is 4.20. The van der Waals surface area contributed by atoms with Gasteiger partial charge in [0.05, 0.1) is 0 Å². The van der Waals surface area contributed by atoms with Crippen molar-refractivity contribution in [3.05, 3.63) is 70.0 Å². The van der Waals surface area contributed by atoms with Crippen molar-refractivity contribution in [1.82, 2.24) is 5.32 Å². The van der Waals surface area contributed by atoms with Gasteiger partial charge in [0, 0.05) is 24.0 Å². The summed E-state index contributed by atoms with van der Waals surface area (Å²) in [5.74, 6) is 0.195. The van der Waals surface area contributed by atoms with E-state index in [1.807, 2.05) is 18.2 Å². The van der Waals surface area contributed by atoms with Gasteiger partial charge in [-0.15, -0.1) is 11.6 Å². The number of halogens is 3. The highest BCUT2D eigenvalue weighted by molar-refractivity contribution is 6.31. The van der Waals surface area contributed by atoms with E-state index in [9.17, 15) is 4.39 Å². The van der Waals surface area contributed by atoms with E-state index < -0.39 is 0 Å². The molecule has 0 amide bonds. The van der Waals surface area contributed by atoms with Gasteiger partial charge in [0.1, 0.15) is 5.82 Å². The molecule has 0 saturated heterocycles. The van der Waals surface area contributed by atoms with Crippen LogP contribution in [0.1, 0.15) is 16.7 Å². The molecule has 2 aromatic rings. The highest BCUT2D eigenvalue weighted by Gasteiger charge is 2.02. The first-order chi connectivity index (χ1) is 9.19. The standard InChI is InChI=1S/C15H14Cl2FN/c16-8-11-2-1-3-12(6-11)9-19-10-13-4-5-14(18)7-15(13)17/h1-7,19H,8-10H2. The lowest BCUT2D eigenvalue weighted by Crippen LogP contribution is -2.13. The number of nitrogens with one attached hydrogen (secondary N) is 1. The zero-order chi connectivity index (χ0) is 13.7. The highest BCUT2D eigenvalue weighted by Crippen LogP contribution is 2.17. The van der Waals surface area contributed by atoms with Gasteiger partial charge >= 0.3 is 0 Å². The van der Waals surface area contributed by atoms with E-state index in [4.69, 9.17) is 23.2 Å². The molecule has 0 saturated carbocycles. The Morgan fingerprint density at radius 1 is 1.00 bits per heavy atom. The summed E-state index contributed by atoms with van der Waals surface area (Å²) < 4.78 is 12.9. The number of rotatable bonds is 5. The maximum atomic E-state index is 12.9. The van der Waals surface area contributed by atoms with Crippen LogP contribution in [0.3, 0.4) is 0 Å². The summed E-state index contributed by atoms with van der Waals surface area (Å²) in [4.78, 5) is 0. The van der Waals surface area contributed by atoms with Gasteiger partial charge < -0.3 is 5.32 Å². The third-order valence-electron chi connectivity index (χ3n) is 2.81. The van der Waals surface area contributed by atoms with Crippen LogP contribution in [0, 0.1) is 5.82 Å². The first kappa shape index (κ1) is 14.3. The molecule has 0 spiro atoms. The summed E-state index contributed by atoms with van der Waals surface area (Å²) in [5, 5.41) is 3.73. The Morgan fingerprint density at radius 2 is 1.79 bits per heavy atom. The van der Waals surface area contributed by atoms with Gasteiger partial charge in [0.25, 0.3) is 0 Å². The lowest BCUT2D eigenvalue weighted by atomic mass is 10.1.